The maximum Gasteiger partial charge on any atom is 0.0689 e. The van der Waals surface area contributed by atoms with Crippen LogP contribution >= 0.6 is 0 Å². The van der Waals surface area contributed by atoms with Gasteiger partial charge in [0.15, 0.2) is 0 Å². The van der Waals surface area contributed by atoms with Gasteiger partial charge in [-0.25, -0.2) is 0 Å². The third-order valence-electron chi connectivity index (χ3n) is 4.36. The third-order valence-corrected chi connectivity index (χ3v) is 4.36. The first-order valence-corrected chi connectivity index (χ1v) is 9.15. The summed E-state index contributed by atoms with van der Waals surface area (Å²) in [6.07, 6.45) is 15.7. The molecule has 2 atom stereocenters. The summed E-state index contributed by atoms with van der Waals surface area (Å²) in [5.41, 5.74) is 0. The van der Waals surface area contributed by atoms with Crippen LogP contribution in [-0.2, 0) is 4.74 Å². The van der Waals surface area contributed by atoms with Crippen LogP contribution in [0.4, 0.5) is 0 Å². The summed E-state index contributed by atoms with van der Waals surface area (Å²) in [5, 5.41) is 24.6. The number of unbranched alkanes of at least 4 members (excludes halogenated alkanes) is 9. The van der Waals surface area contributed by atoms with Gasteiger partial charge in [-0.3, -0.25) is 0 Å². The number of aliphatic hydroxyl groups excluding tert-OH is 1. The van der Waals surface area contributed by atoms with Gasteiger partial charge in [0.1, 0.15) is 0 Å². The Bertz CT molecular complexity index is 272. The van der Waals surface area contributed by atoms with Gasteiger partial charge in [-0.05, 0) is 12.8 Å². The first-order chi connectivity index (χ1) is 11.1. The van der Waals surface area contributed by atoms with Gasteiger partial charge in [0.05, 0.1) is 17.8 Å². The molecule has 2 unspecified atom stereocenters. The largest absolute Gasteiger partial charge is 0.393 e. The predicted octanol–water partition coefficient (Wildman–Crippen LogP) is 4.46. The molecule has 1 heterocycles. The minimum absolute atomic E-state index is 0.104. The van der Waals surface area contributed by atoms with Crippen LogP contribution in [0, 0.1) is 21.2 Å². The summed E-state index contributed by atoms with van der Waals surface area (Å²) in [6.45, 7) is 3.79. The number of nitrogens with zero attached hydrogens (tertiary/aromatic N) is 1. The van der Waals surface area contributed by atoms with Crippen molar-refractivity contribution in [2.24, 2.45) is 5.92 Å². The smallest absolute Gasteiger partial charge is 0.0689 e. The topological polar surface area (TPSA) is 95.7 Å². The minimum atomic E-state index is -1.75. The summed E-state index contributed by atoms with van der Waals surface area (Å²) in [4.78, 5) is 8.25. The van der Waals surface area contributed by atoms with Crippen molar-refractivity contribution in [3.63, 3.8) is 0 Å². The van der Waals surface area contributed by atoms with Crippen molar-refractivity contribution in [1.29, 1.82) is 0 Å². The van der Waals surface area contributed by atoms with Gasteiger partial charge in [0, 0.05) is 12.5 Å². The van der Waals surface area contributed by atoms with E-state index in [-0.39, 0.29) is 6.10 Å². The molecule has 1 aliphatic heterocycles. The highest BCUT2D eigenvalue weighted by Crippen LogP contribution is 2.21. The molecule has 1 aliphatic rings. The van der Waals surface area contributed by atoms with Gasteiger partial charge in [0.25, 0.3) is 0 Å². The average Bonchev–Trinajstić information content (AvgIpc) is 2.50. The maximum absolute atomic E-state index is 9.83. The average molecular weight is 332 g/mol. The van der Waals surface area contributed by atoms with E-state index in [0.717, 1.165) is 26.1 Å². The lowest BCUT2D eigenvalue weighted by Gasteiger charge is -2.27. The third kappa shape index (κ3) is 15.8. The molecule has 0 aromatic heterocycles. The fourth-order valence-electron chi connectivity index (χ4n) is 2.96. The number of rotatable bonds is 11. The van der Waals surface area contributed by atoms with Gasteiger partial charge in [-0.15, -0.1) is 0 Å². The Kier molecular flexibility index (Phi) is 15.4. The highest BCUT2D eigenvalue weighted by Gasteiger charge is 2.22. The lowest BCUT2D eigenvalue weighted by molar-refractivity contribution is -0.402. The standard InChI is InChI=1S/C17H34O2.NO3/c1-2-3-4-5-6-7-8-9-10-11-12-16-15-19-14-13-17(16)18;2-1(3)4/h16-18H,2-15H2,1H3;/q;-1. The molecular weight excluding hydrogens is 298 g/mol. The van der Waals surface area contributed by atoms with Crippen molar-refractivity contribution < 1.29 is 14.9 Å². The molecule has 1 fully saturated rings. The van der Waals surface area contributed by atoms with Crippen LogP contribution in [0.25, 0.3) is 0 Å². The van der Waals surface area contributed by atoms with Gasteiger partial charge in [0.2, 0.25) is 0 Å². The predicted molar refractivity (Wildman–Crippen MR) is 91.8 cm³/mol. The molecule has 1 rings (SSSR count). The highest BCUT2D eigenvalue weighted by atomic mass is 16.9. The number of ether oxygens (including phenoxy) is 1. The van der Waals surface area contributed by atoms with Crippen LogP contribution in [0.2, 0.25) is 0 Å². The van der Waals surface area contributed by atoms with E-state index in [1.165, 1.54) is 64.2 Å². The Hall–Kier alpha value is -0.880. The molecule has 6 heteroatoms. The monoisotopic (exact) mass is 332 g/mol. The zero-order valence-electron chi connectivity index (χ0n) is 14.6. The molecule has 0 saturated carbocycles. The zero-order valence-corrected chi connectivity index (χ0v) is 14.6. The Labute approximate surface area is 140 Å². The Morgan fingerprint density at radius 1 is 1.00 bits per heavy atom. The van der Waals surface area contributed by atoms with Crippen molar-refractivity contribution in [3.8, 4) is 0 Å². The fourth-order valence-corrected chi connectivity index (χ4v) is 2.96. The van der Waals surface area contributed by atoms with Crippen molar-refractivity contribution in [3.05, 3.63) is 15.3 Å². The summed E-state index contributed by atoms with van der Waals surface area (Å²) in [5.74, 6) is 0.405. The second-order valence-corrected chi connectivity index (χ2v) is 6.39. The second-order valence-electron chi connectivity index (χ2n) is 6.39. The number of aliphatic hydroxyl groups is 1. The summed E-state index contributed by atoms with van der Waals surface area (Å²) in [7, 11) is 0. The van der Waals surface area contributed by atoms with Gasteiger partial charge < -0.3 is 25.2 Å². The van der Waals surface area contributed by atoms with Crippen molar-refractivity contribution in [1.82, 2.24) is 0 Å². The van der Waals surface area contributed by atoms with Crippen molar-refractivity contribution in [2.75, 3.05) is 13.2 Å². The van der Waals surface area contributed by atoms with E-state index >= 15 is 0 Å². The Morgan fingerprint density at radius 2 is 1.48 bits per heavy atom. The molecule has 23 heavy (non-hydrogen) atoms. The molecule has 0 aliphatic carbocycles. The van der Waals surface area contributed by atoms with E-state index < -0.39 is 5.09 Å². The van der Waals surface area contributed by atoms with Gasteiger partial charge in [-0.1, -0.05) is 71.1 Å². The molecule has 138 valence electrons. The summed E-state index contributed by atoms with van der Waals surface area (Å²) >= 11 is 0. The lowest BCUT2D eigenvalue weighted by atomic mass is 9.92. The lowest BCUT2D eigenvalue weighted by Crippen LogP contribution is -2.31. The molecular formula is C17H34NO5-. The molecule has 0 radical (unpaired) electrons. The Balaban J connectivity index is 0.00000108. The molecule has 0 spiro atoms. The molecule has 0 aromatic rings. The first kappa shape index (κ1) is 22.1. The number of hydrogen-bond donors (Lipinski definition) is 1. The van der Waals surface area contributed by atoms with E-state index in [0.29, 0.717) is 5.92 Å². The van der Waals surface area contributed by atoms with Gasteiger partial charge in [-0.2, -0.15) is 0 Å². The highest BCUT2D eigenvalue weighted by molar-refractivity contribution is 4.72. The van der Waals surface area contributed by atoms with E-state index in [1.807, 2.05) is 0 Å². The quantitative estimate of drug-likeness (QED) is 0.342. The van der Waals surface area contributed by atoms with E-state index in [4.69, 9.17) is 20.1 Å². The van der Waals surface area contributed by atoms with Crippen molar-refractivity contribution in [2.45, 2.75) is 90.1 Å². The van der Waals surface area contributed by atoms with E-state index in [1.54, 1.807) is 0 Å². The number of hydrogen-bond acceptors (Lipinski definition) is 5. The fraction of sp³-hybridized carbons (Fsp3) is 1.00. The minimum Gasteiger partial charge on any atom is -0.393 e. The van der Waals surface area contributed by atoms with E-state index in [2.05, 4.69) is 6.92 Å². The van der Waals surface area contributed by atoms with Crippen LogP contribution in [-0.4, -0.2) is 29.5 Å². The molecule has 0 aromatic carbocycles. The normalized spacial score (nSPS) is 20.6. The van der Waals surface area contributed by atoms with Crippen LogP contribution < -0.4 is 0 Å². The molecule has 0 amide bonds. The molecule has 0 bridgehead atoms. The summed E-state index contributed by atoms with van der Waals surface area (Å²) in [6, 6.07) is 0. The van der Waals surface area contributed by atoms with Crippen molar-refractivity contribution >= 4 is 0 Å². The Morgan fingerprint density at radius 3 is 1.96 bits per heavy atom. The molecule has 1 saturated heterocycles. The van der Waals surface area contributed by atoms with Crippen LogP contribution in [0.5, 0.6) is 0 Å². The SMILES string of the molecule is CCCCCCCCCCCCC1COCCC1O.O=[N+]([O-])[O-]. The molecule has 1 N–H and O–H groups in total. The van der Waals surface area contributed by atoms with E-state index in [9.17, 15) is 5.11 Å². The maximum atomic E-state index is 9.83. The van der Waals surface area contributed by atoms with Crippen LogP contribution in [0.15, 0.2) is 0 Å². The van der Waals surface area contributed by atoms with Crippen LogP contribution in [0.1, 0.15) is 84.0 Å². The zero-order chi connectivity index (χ0) is 17.3. The molecule has 6 nitrogen and oxygen atoms in total. The first-order valence-electron chi connectivity index (χ1n) is 9.15. The van der Waals surface area contributed by atoms with Crippen LogP contribution in [0.3, 0.4) is 0 Å². The second kappa shape index (κ2) is 16.0. The van der Waals surface area contributed by atoms with Gasteiger partial charge >= 0.3 is 0 Å². The summed E-state index contributed by atoms with van der Waals surface area (Å²) < 4.78 is 5.43.